The predicted octanol–water partition coefficient (Wildman–Crippen LogP) is 4.13. The maximum Gasteiger partial charge on any atom is 0.253 e. The number of hydrogen-bond donors (Lipinski definition) is 1. The maximum absolute atomic E-state index is 12.7. The van der Waals surface area contributed by atoms with Crippen LogP contribution >= 0.6 is 11.3 Å². The fourth-order valence-corrected chi connectivity index (χ4v) is 4.30. The molecule has 0 spiro atoms. The van der Waals surface area contributed by atoms with Gasteiger partial charge in [0.1, 0.15) is 0 Å². The van der Waals surface area contributed by atoms with Gasteiger partial charge >= 0.3 is 0 Å². The summed E-state index contributed by atoms with van der Waals surface area (Å²) in [5, 5.41) is 4.08. The molecule has 0 aliphatic carbocycles. The largest absolute Gasteiger partial charge is 0.352 e. The molecule has 0 saturated carbocycles. The van der Waals surface area contributed by atoms with E-state index < -0.39 is 0 Å². The molecule has 0 fully saturated rings. The maximum atomic E-state index is 12.7. The number of rotatable bonds is 6. The summed E-state index contributed by atoms with van der Waals surface area (Å²) in [7, 11) is 0. The molecule has 0 bridgehead atoms. The lowest BCUT2D eigenvalue weighted by Gasteiger charge is -2.09. The Hall–Kier alpha value is -2.99. The summed E-state index contributed by atoms with van der Waals surface area (Å²) in [4.78, 5) is 21.7. The van der Waals surface area contributed by atoms with Crippen molar-refractivity contribution in [2.45, 2.75) is 26.8 Å². The van der Waals surface area contributed by atoms with Crippen LogP contribution in [0.25, 0.3) is 10.2 Å². The zero-order valence-electron chi connectivity index (χ0n) is 16.0. The van der Waals surface area contributed by atoms with Crippen molar-refractivity contribution in [3.8, 4) is 0 Å². The van der Waals surface area contributed by atoms with E-state index in [1.165, 1.54) is 4.70 Å². The monoisotopic (exact) mass is 390 g/mol. The molecule has 1 amide bonds. The van der Waals surface area contributed by atoms with Gasteiger partial charge < -0.3 is 9.88 Å². The first-order chi connectivity index (χ1) is 13.6. The van der Waals surface area contributed by atoms with Crippen LogP contribution in [0.4, 0.5) is 0 Å². The van der Waals surface area contributed by atoms with Gasteiger partial charge in [0.15, 0.2) is 0 Å². The predicted molar refractivity (Wildman–Crippen MR) is 113 cm³/mol. The quantitative estimate of drug-likeness (QED) is 0.538. The number of para-hydroxylation sites is 1. The Labute approximate surface area is 168 Å². The third kappa shape index (κ3) is 3.82. The van der Waals surface area contributed by atoms with E-state index in [2.05, 4.69) is 25.9 Å². The number of carbonyl (C=O) groups excluding carboxylic acids is 1. The van der Waals surface area contributed by atoms with Crippen LogP contribution in [0.15, 0.2) is 54.7 Å². The average Bonchev–Trinajstić information content (AvgIpc) is 3.24. The Morgan fingerprint density at radius 3 is 2.75 bits per heavy atom. The molecule has 3 heterocycles. The van der Waals surface area contributed by atoms with Gasteiger partial charge in [0.05, 0.1) is 33.0 Å². The third-order valence-corrected chi connectivity index (χ3v) is 5.92. The van der Waals surface area contributed by atoms with Crippen LogP contribution in [0.5, 0.6) is 0 Å². The fraction of sp³-hybridized carbons (Fsp3) is 0.227. The van der Waals surface area contributed by atoms with E-state index in [1.807, 2.05) is 56.3 Å². The van der Waals surface area contributed by atoms with Crippen LogP contribution in [0.2, 0.25) is 0 Å². The summed E-state index contributed by atoms with van der Waals surface area (Å²) < 4.78 is 3.31. The Kier molecular flexibility index (Phi) is 5.21. The first-order valence-corrected chi connectivity index (χ1v) is 10.1. The number of aryl methyl sites for hydroxylation is 1. The van der Waals surface area contributed by atoms with E-state index in [0.717, 1.165) is 39.6 Å². The number of aromatic nitrogens is 3. The van der Waals surface area contributed by atoms with Gasteiger partial charge in [0, 0.05) is 30.6 Å². The van der Waals surface area contributed by atoms with Crippen molar-refractivity contribution in [1.82, 2.24) is 19.9 Å². The van der Waals surface area contributed by atoms with E-state index >= 15 is 0 Å². The highest BCUT2D eigenvalue weighted by Gasteiger charge is 2.16. The van der Waals surface area contributed by atoms with Crippen LogP contribution in [0.3, 0.4) is 0 Å². The lowest BCUT2D eigenvalue weighted by atomic mass is 10.2. The van der Waals surface area contributed by atoms with Gasteiger partial charge in [0.2, 0.25) is 0 Å². The van der Waals surface area contributed by atoms with Crippen molar-refractivity contribution in [3.63, 3.8) is 0 Å². The highest BCUT2D eigenvalue weighted by molar-refractivity contribution is 7.18. The van der Waals surface area contributed by atoms with Gasteiger partial charge in [-0.15, -0.1) is 11.3 Å². The number of nitrogens with zero attached hydrogens (tertiary/aromatic N) is 3. The molecule has 0 aliphatic rings. The van der Waals surface area contributed by atoms with Gasteiger partial charge in [-0.25, -0.2) is 4.98 Å². The van der Waals surface area contributed by atoms with Crippen molar-refractivity contribution in [1.29, 1.82) is 0 Å². The highest BCUT2D eigenvalue weighted by atomic mass is 32.1. The van der Waals surface area contributed by atoms with Crippen LogP contribution in [0.1, 0.15) is 32.4 Å². The molecule has 0 atom stereocenters. The van der Waals surface area contributed by atoms with E-state index in [-0.39, 0.29) is 5.91 Å². The van der Waals surface area contributed by atoms with Crippen molar-refractivity contribution < 1.29 is 4.79 Å². The number of nitrogens with one attached hydrogen (secondary N) is 1. The number of hydrogen-bond acceptors (Lipinski definition) is 4. The van der Waals surface area contributed by atoms with Crippen LogP contribution in [0, 0.1) is 13.8 Å². The molecule has 1 aromatic carbocycles. The molecule has 1 N–H and O–H groups in total. The molecule has 0 radical (unpaired) electrons. The Morgan fingerprint density at radius 1 is 1.14 bits per heavy atom. The molecule has 4 rings (SSSR count). The van der Waals surface area contributed by atoms with Crippen molar-refractivity contribution in [2.75, 3.05) is 6.54 Å². The van der Waals surface area contributed by atoms with E-state index in [0.29, 0.717) is 13.1 Å². The molecule has 28 heavy (non-hydrogen) atoms. The number of carbonyl (C=O) groups is 1. The molecule has 6 heteroatoms. The van der Waals surface area contributed by atoms with Crippen LogP contribution < -0.4 is 5.32 Å². The topological polar surface area (TPSA) is 59.8 Å². The minimum absolute atomic E-state index is 0.0403. The summed E-state index contributed by atoms with van der Waals surface area (Å²) in [6.45, 7) is 5.24. The Balaban J connectivity index is 1.41. The van der Waals surface area contributed by atoms with Gasteiger partial charge in [-0.05, 0) is 44.2 Å². The number of thiazole rings is 1. The normalized spacial score (nSPS) is 11.1. The smallest absolute Gasteiger partial charge is 0.253 e. The molecule has 4 aromatic rings. The van der Waals surface area contributed by atoms with Gasteiger partial charge in [-0.3, -0.25) is 9.78 Å². The van der Waals surface area contributed by atoms with Crippen LogP contribution in [-0.4, -0.2) is 27.0 Å². The third-order valence-electron chi connectivity index (χ3n) is 4.83. The zero-order valence-corrected chi connectivity index (χ0v) is 16.8. The zero-order chi connectivity index (χ0) is 19.5. The standard InChI is InChI=1S/C22H22N4OS/c1-15-13-18(16(2)26(15)14-17-7-5-6-11-23-17)22(27)24-12-10-21-25-19-8-3-4-9-20(19)28-21/h3-9,11,13H,10,12,14H2,1-2H3,(H,24,27). The molecular weight excluding hydrogens is 368 g/mol. The molecule has 142 valence electrons. The molecule has 3 aromatic heterocycles. The van der Waals surface area contributed by atoms with Crippen molar-refractivity contribution in [2.24, 2.45) is 0 Å². The molecule has 0 saturated heterocycles. The van der Waals surface area contributed by atoms with Gasteiger partial charge in [0.25, 0.3) is 5.91 Å². The SMILES string of the molecule is Cc1cc(C(=O)NCCc2nc3ccccc3s2)c(C)n1Cc1ccccn1. The summed E-state index contributed by atoms with van der Waals surface area (Å²) in [6, 6.07) is 15.9. The van der Waals surface area contributed by atoms with E-state index in [4.69, 9.17) is 0 Å². The lowest BCUT2D eigenvalue weighted by molar-refractivity contribution is 0.0953. The van der Waals surface area contributed by atoms with E-state index in [1.54, 1.807) is 17.5 Å². The van der Waals surface area contributed by atoms with Crippen LogP contribution in [-0.2, 0) is 13.0 Å². The summed E-state index contributed by atoms with van der Waals surface area (Å²) in [6.07, 6.45) is 2.52. The first kappa shape index (κ1) is 18.4. The van der Waals surface area contributed by atoms with E-state index in [9.17, 15) is 4.79 Å². The van der Waals surface area contributed by atoms with Gasteiger partial charge in [-0.2, -0.15) is 0 Å². The lowest BCUT2D eigenvalue weighted by Crippen LogP contribution is -2.26. The number of benzene rings is 1. The first-order valence-electron chi connectivity index (χ1n) is 9.31. The Morgan fingerprint density at radius 2 is 1.96 bits per heavy atom. The second-order valence-electron chi connectivity index (χ2n) is 6.77. The van der Waals surface area contributed by atoms with Gasteiger partial charge in [-0.1, -0.05) is 18.2 Å². The van der Waals surface area contributed by atoms with Crippen molar-refractivity contribution in [3.05, 3.63) is 82.4 Å². The second kappa shape index (κ2) is 7.94. The Bertz CT molecular complexity index is 1080. The number of fused-ring (bicyclic) bond motifs is 1. The minimum atomic E-state index is -0.0403. The molecule has 0 unspecified atom stereocenters. The van der Waals surface area contributed by atoms with Crippen molar-refractivity contribution >= 4 is 27.5 Å². The number of amides is 1. The summed E-state index contributed by atoms with van der Waals surface area (Å²) in [5.41, 5.74) is 4.73. The molecular formula is C22H22N4OS. The molecule has 5 nitrogen and oxygen atoms in total. The summed E-state index contributed by atoms with van der Waals surface area (Å²) >= 11 is 1.68. The number of pyridine rings is 1. The summed E-state index contributed by atoms with van der Waals surface area (Å²) in [5.74, 6) is -0.0403. The minimum Gasteiger partial charge on any atom is -0.352 e. The fourth-order valence-electron chi connectivity index (χ4n) is 3.33. The second-order valence-corrected chi connectivity index (χ2v) is 7.89. The molecule has 0 aliphatic heterocycles. The highest BCUT2D eigenvalue weighted by Crippen LogP contribution is 2.21. The average molecular weight is 391 g/mol.